The van der Waals surface area contributed by atoms with Crippen molar-refractivity contribution in [1.82, 2.24) is 5.16 Å². The molecule has 21 heavy (non-hydrogen) atoms. The molecule has 110 valence electrons. The molecule has 6 nitrogen and oxygen atoms in total. The molecule has 2 aromatic rings. The molecule has 0 bridgehead atoms. The highest BCUT2D eigenvalue weighted by Crippen LogP contribution is 2.39. The molecule has 0 aromatic carbocycles. The van der Waals surface area contributed by atoms with Crippen LogP contribution in [-0.4, -0.2) is 17.0 Å². The van der Waals surface area contributed by atoms with Gasteiger partial charge in [-0.2, -0.15) is 0 Å². The molecule has 0 spiro atoms. The van der Waals surface area contributed by atoms with E-state index in [2.05, 4.69) is 17.4 Å². The highest BCUT2D eigenvalue weighted by molar-refractivity contribution is 7.17. The van der Waals surface area contributed by atoms with Crippen LogP contribution in [0.3, 0.4) is 0 Å². The van der Waals surface area contributed by atoms with E-state index in [1.807, 2.05) is 0 Å². The summed E-state index contributed by atoms with van der Waals surface area (Å²) in [5, 5.41) is 6.71. The molecular weight excluding hydrogens is 290 g/mol. The van der Waals surface area contributed by atoms with Crippen LogP contribution in [0.2, 0.25) is 0 Å². The van der Waals surface area contributed by atoms with E-state index in [4.69, 9.17) is 10.3 Å². The molecule has 0 aliphatic heterocycles. The molecule has 3 rings (SSSR count). The Bertz CT molecular complexity index is 691. The summed E-state index contributed by atoms with van der Waals surface area (Å²) < 4.78 is 4.81. The average molecular weight is 305 g/mol. The summed E-state index contributed by atoms with van der Waals surface area (Å²) >= 11 is 1.42. The zero-order valence-corrected chi connectivity index (χ0v) is 12.3. The van der Waals surface area contributed by atoms with Gasteiger partial charge in [0.1, 0.15) is 5.00 Å². The molecule has 0 saturated heterocycles. The quantitative estimate of drug-likeness (QED) is 0.908. The van der Waals surface area contributed by atoms with Crippen molar-refractivity contribution in [3.63, 3.8) is 0 Å². The predicted octanol–water partition coefficient (Wildman–Crippen LogP) is 2.21. The van der Waals surface area contributed by atoms with Crippen molar-refractivity contribution >= 4 is 28.2 Å². The molecule has 0 radical (unpaired) electrons. The molecule has 1 aliphatic carbocycles. The van der Waals surface area contributed by atoms with Crippen LogP contribution >= 0.6 is 11.3 Å². The summed E-state index contributed by atoms with van der Waals surface area (Å²) in [6, 6.07) is 1.47. The number of primary amides is 1. The van der Waals surface area contributed by atoms with E-state index in [0.29, 0.717) is 16.5 Å². The topological polar surface area (TPSA) is 98.2 Å². The zero-order valence-electron chi connectivity index (χ0n) is 11.5. The van der Waals surface area contributed by atoms with Crippen molar-refractivity contribution in [2.45, 2.75) is 26.2 Å². The minimum absolute atomic E-state index is 0.102. The highest BCUT2D eigenvalue weighted by atomic mass is 32.1. The van der Waals surface area contributed by atoms with Gasteiger partial charge in [-0.1, -0.05) is 12.1 Å². The van der Waals surface area contributed by atoms with E-state index in [0.717, 1.165) is 29.7 Å². The number of nitrogens with one attached hydrogen (secondary N) is 1. The van der Waals surface area contributed by atoms with Gasteiger partial charge >= 0.3 is 0 Å². The number of aromatic nitrogens is 1. The van der Waals surface area contributed by atoms with Gasteiger partial charge < -0.3 is 15.6 Å². The van der Waals surface area contributed by atoms with Gasteiger partial charge in [0.25, 0.3) is 11.8 Å². The van der Waals surface area contributed by atoms with Crippen molar-refractivity contribution < 1.29 is 14.1 Å². The summed E-state index contributed by atoms with van der Waals surface area (Å²) in [5.41, 5.74) is 6.92. The van der Waals surface area contributed by atoms with Gasteiger partial charge in [0.05, 0.1) is 11.8 Å². The Hall–Kier alpha value is -2.15. The van der Waals surface area contributed by atoms with Crippen LogP contribution in [0.4, 0.5) is 5.00 Å². The second-order valence-corrected chi connectivity index (χ2v) is 6.36. The summed E-state index contributed by atoms with van der Waals surface area (Å²) in [7, 11) is 0. The standard InChI is InChI=1S/C14H15N3O3S/c1-7-2-3-8-10(6-7)21-14(11(8)12(15)18)17-13(19)9-4-5-16-20-9/h4-5,7H,2-3,6H2,1H3,(H2,15,18)(H,17,19)/t7-/m1/s1. The summed E-state index contributed by atoms with van der Waals surface area (Å²) in [6.45, 7) is 2.18. The first-order valence-electron chi connectivity index (χ1n) is 6.72. The van der Waals surface area contributed by atoms with Crippen LogP contribution in [0.15, 0.2) is 16.8 Å². The number of fused-ring (bicyclic) bond motifs is 1. The number of amides is 2. The lowest BCUT2D eigenvalue weighted by atomic mass is 9.88. The van der Waals surface area contributed by atoms with Gasteiger partial charge in [-0.15, -0.1) is 11.3 Å². The van der Waals surface area contributed by atoms with Crippen LogP contribution < -0.4 is 11.1 Å². The second kappa shape index (κ2) is 5.33. The first-order valence-corrected chi connectivity index (χ1v) is 7.54. The molecule has 2 amide bonds. The van der Waals surface area contributed by atoms with Crippen LogP contribution in [0.1, 0.15) is 44.7 Å². The number of anilines is 1. The van der Waals surface area contributed by atoms with Gasteiger partial charge in [-0.05, 0) is 30.7 Å². The Balaban J connectivity index is 1.95. The normalized spacial score (nSPS) is 17.3. The SMILES string of the molecule is C[C@@H]1CCc2c(sc(NC(=O)c3ccno3)c2C(N)=O)C1. The van der Waals surface area contributed by atoms with E-state index in [1.165, 1.54) is 23.6 Å². The Morgan fingerprint density at radius 1 is 1.52 bits per heavy atom. The van der Waals surface area contributed by atoms with Crippen molar-refractivity contribution in [2.75, 3.05) is 5.32 Å². The summed E-state index contributed by atoms with van der Waals surface area (Å²) in [4.78, 5) is 24.9. The number of nitrogens with two attached hydrogens (primary N) is 1. The highest BCUT2D eigenvalue weighted by Gasteiger charge is 2.27. The molecule has 7 heteroatoms. The van der Waals surface area contributed by atoms with Crippen LogP contribution in [0.25, 0.3) is 0 Å². The Labute approximate surface area is 125 Å². The maximum atomic E-state index is 12.0. The van der Waals surface area contributed by atoms with E-state index in [9.17, 15) is 9.59 Å². The van der Waals surface area contributed by atoms with E-state index < -0.39 is 11.8 Å². The third-order valence-corrected chi connectivity index (χ3v) is 4.82. The second-order valence-electron chi connectivity index (χ2n) is 5.25. The zero-order chi connectivity index (χ0) is 15.0. The molecule has 1 aliphatic rings. The van der Waals surface area contributed by atoms with Gasteiger partial charge in [0.15, 0.2) is 0 Å². The molecule has 0 unspecified atom stereocenters. The predicted molar refractivity (Wildman–Crippen MR) is 78.5 cm³/mol. The third-order valence-electron chi connectivity index (χ3n) is 3.65. The van der Waals surface area contributed by atoms with E-state index >= 15 is 0 Å². The fourth-order valence-corrected chi connectivity index (χ4v) is 4.01. The molecule has 0 saturated carbocycles. The van der Waals surface area contributed by atoms with Crippen LogP contribution in [-0.2, 0) is 12.8 Å². The molecule has 0 fully saturated rings. The Morgan fingerprint density at radius 2 is 2.33 bits per heavy atom. The number of thiophene rings is 1. The van der Waals surface area contributed by atoms with E-state index in [1.54, 1.807) is 0 Å². The average Bonchev–Trinajstić information content (AvgIpc) is 3.04. The van der Waals surface area contributed by atoms with Crippen molar-refractivity contribution in [2.24, 2.45) is 11.7 Å². The van der Waals surface area contributed by atoms with Gasteiger partial charge in [0.2, 0.25) is 5.76 Å². The lowest BCUT2D eigenvalue weighted by Gasteiger charge is -2.18. The fraction of sp³-hybridized carbons (Fsp3) is 0.357. The number of carbonyl (C=O) groups excluding carboxylic acids is 2. The minimum atomic E-state index is -0.505. The monoisotopic (exact) mass is 305 g/mol. The van der Waals surface area contributed by atoms with E-state index in [-0.39, 0.29) is 5.76 Å². The third kappa shape index (κ3) is 2.56. The minimum Gasteiger partial charge on any atom is -0.365 e. The number of carbonyl (C=O) groups is 2. The van der Waals surface area contributed by atoms with Gasteiger partial charge in [0, 0.05) is 10.9 Å². The Kier molecular flexibility index (Phi) is 3.50. The number of rotatable bonds is 3. The Morgan fingerprint density at radius 3 is 3.00 bits per heavy atom. The maximum absolute atomic E-state index is 12.0. The van der Waals surface area contributed by atoms with Gasteiger partial charge in [-0.3, -0.25) is 9.59 Å². The largest absolute Gasteiger partial charge is 0.365 e. The molecule has 1 atom stereocenters. The number of hydrogen-bond acceptors (Lipinski definition) is 5. The molecular formula is C14H15N3O3S. The smallest absolute Gasteiger partial charge is 0.294 e. The van der Waals surface area contributed by atoms with Crippen molar-refractivity contribution in [3.05, 3.63) is 34.0 Å². The maximum Gasteiger partial charge on any atom is 0.294 e. The lowest BCUT2D eigenvalue weighted by molar-refractivity contribution is 0.0988. The van der Waals surface area contributed by atoms with Gasteiger partial charge in [-0.25, -0.2) is 0 Å². The van der Waals surface area contributed by atoms with Crippen LogP contribution in [0, 0.1) is 5.92 Å². The molecule has 3 N–H and O–H groups in total. The number of nitrogens with zero attached hydrogens (tertiary/aromatic N) is 1. The lowest BCUT2D eigenvalue weighted by Crippen LogP contribution is -2.19. The molecule has 2 aromatic heterocycles. The van der Waals surface area contributed by atoms with Crippen molar-refractivity contribution in [1.29, 1.82) is 0 Å². The van der Waals surface area contributed by atoms with Crippen LogP contribution in [0.5, 0.6) is 0 Å². The number of hydrogen-bond donors (Lipinski definition) is 2. The molecule has 2 heterocycles. The van der Waals surface area contributed by atoms with Crippen molar-refractivity contribution in [3.8, 4) is 0 Å². The first kappa shape index (κ1) is 13.8. The summed E-state index contributed by atoms with van der Waals surface area (Å²) in [5.74, 6) is -0.253. The first-order chi connectivity index (χ1) is 10.1. The fourth-order valence-electron chi connectivity index (χ4n) is 2.60. The summed E-state index contributed by atoms with van der Waals surface area (Å²) in [6.07, 6.45) is 4.16.